The van der Waals surface area contributed by atoms with Crippen LogP contribution in [0.5, 0.6) is 5.75 Å². The molecule has 1 aliphatic heterocycles. The fourth-order valence-corrected chi connectivity index (χ4v) is 4.04. The topological polar surface area (TPSA) is 100 Å². The number of anilines is 1. The highest BCUT2D eigenvalue weighted by molar-refractivity contribution is 6.30. The van der Waals surface area contributed by atoms with Gasteiger partial charge in [0.05, 0.1) is 11.1 Å². The van der Waals surface area contributed by atoms with Gasteiger partial charge in [-0.2, -0.15) is 5.10 Å². The lowest BCUT2D eigenvalue weighted by molar-refractivity contribution is -0.384. The molecule has 3 aromatic rings. The molecule has 0 bridgehead atoms. The lowest BCUT2D eigenvalue weighted by Crippen LogP contribution is -2.46. The number of piperazine rings is 1. The van der Waals surface area contributed by atoms with Gasteiger partial charge in [0.15, 0.2) is 6.61 Å². The quantitative estimate of drug-likeness (QED) is 0.266. The first-order valence-corrected chi connectivity index (χ1v) is 11.9. The number of nitrogens with one attached hydrogen (secondary N) is 1. The summed E-state index contributed by atoms with van der Waals surface area (Å²) < 4.78 is 5.36. The number of rotatable bonds is 9. The Morgan fingerprint density at radius 1 is 1.06 bits per heavy atom. The second-order valence-corrected chi connectivity index (χ2v) is 8.73. The number of hydrogen-bond acceptors (Lipinski definition) is 7. The summed E-state index contributed by atoms with van der Waals surface area (Å²) in [6.45, 7) is 3.67. The summed E-state index contributed by atoms with van der Waals surface area (Å²) in [6.07, 6.45) is 1.37. The van der Waals surface area contributed by atoms with Crippen LogP contribution >= 0.6 is 11.6 Å². The van der Waals surface area contributed by atoms with Crippen LogP contribution in [-0.2, 0) is 11.3 Å². The SMILES string of the molecule is O=C(COc1ccc(Cl)cc1)N/N=C/c1ccc(N2CCN(Cc3ccccc3)CC2)c([N+](=O)[O-])c1. The molecule has 1 heterocycles. The molecule has 0 spiro atoms. The summed E-state index contributed by atoms with van der Waals surface area (Å²) >= 11 is 5.82. The third-order valence-corrected chi connectivity index (χ3v) is 6.00. The minimum Gasteiger partial charge on any atom is -0.484 e. The van der Waals surface area contributed by atoms with Crippen molar-refractivity contribution in [2.24, 2.45) is 5.10 Å². The molecule has 1 saturated heterocycles. The summed E-state index contributed by atoms with van der Waals surface area (Å²) in [5, 5.41) is 16.2. The fourth-order valence-electron chi connectivity index (χ4n) is 3.91. The van der Waals surface area contributed by atoms with Crippen LogP contribution in [0.1, 0.15) is 11.1 Å². The van der Waals surface area contributed by atoms with Crippen molar-refractivity contribution < 1.29 is 14.5 Å². The van der Waals surface area contributed by atoms with E-state index < -0.39 is 5.91 Å². The average Bonchev–Trinajstić information content (AvgIpc) is 2.89. The van der Waals surface area contributed by atoms with Crippen LogP contribution < -0.4 is 15.1 Å². The number of halogens is 1. The predicted octanol–water partition coefficient (Wildman–Crippen LogP) is 4.10. The van der Waals surface area contributed by atoms with E-state index in [4.69, 9.17) is 16.3 Å². The molecule has 0 aromatic heterocycles. The number of benzene rings is 3. The third kappa shape index (κ3) is 7.03. The standard InChI is InChI=1S/C26H26ClN5O4/c27-22-7-9-23(10-8-22)36-19-26(33)29-28-17-21-6-11-24(25(16-21)32(34)35)31-14-12-30(13-15-31)18-20-4-2-1-3-5-20/h1-11,16-17H,12-15,18-19H2,(H,29,33)/b28-17+. The highest BCUT2D eigenvalue weighted by atomic mass is 35.5. The highest BCUT2D eigenvalue weighted by Crippen LogP contribution is 2.30. The van der Waals surface area contributed by atoms with Crippen molar-refractivity contribution >= 4 is 35.1 Å². The van der Waals surface area contributed by atoms with E-state index in [9.17, 15) is 14.9 Å². The monoisotopic (exact) mass is 507 g/mol. The van der Waals surface area contributed by atoms with Crippen LogP contribution in [0.25, 0.3) is 0 Å². The van der Waals surface area contributed by atoms with Crippen molar-refractivity contribution in [3.05, 3.63) is 99.1 Å². The average molecular weight is 508 g/mol. The minimum atomic E-state index is -0.458. The van der Waals surface area contributed by atoms with Gasteiger partial charge in [0.25, 0.3) is 11.6 Å². The second kappa shape index (κ2) is 12.1. The first-order valence-electron chi connectivity index (χ1n) is 11.5. The Morgan fingerprint density at radius 3 is 2.47 bits per heavy atom. The Balaban J connectivity index is 1.31. The summed E-state index contributed by atoms with van der Waals surface area (Å²) in [6, 6.07) is 21.8. The number of ether oxygens (including phenoxy) is 1. The molecule has 1 amide bonds. The van der Waals surface area contributed by atoms with Gasteiger partial charge in [-0.1, -0.05) is 48.0 Å². The number of nitrogens with zero attached hydrogens (tertiary/aromatic N) is 4. The summed E-state index contributed by atoms with van der Waals surface area (Å²) in [4.78, 5) is 27.7. The molecular weight excluding hydrogens is 482 g/mol. The van der Waals surface area contributed by atoms with Crippen LogP contribution in [-0.4, -0.2) is 54.7 Å². The number of hydrogen-bond donors (Lipinski definition) is 1. The van der Waals surface area contributed by atoms with Gasteiger partial charge in [0, 0.05) is 49.4 Å². The molecule has 36 heavy (non-hydrogen) atoms. The lowest BCUT2D eigenvalue weighted by Gasteiger charge is -2.35. The molecule has 1 aliphatic rings. The predicted molar refractivity (Wildman–Crippen MR) is 140 cm³/mol. The maximum absolute atomic E-state index is 12.0. The van der Waals surface area contributed by atoms with E-state index in [2.05, 4.69) is 27.6 Å². The largest absolute Gasteiger partial charge is 0.484 e. The van der Waals surface area contributed by atoms with Crippen molar-refractivity contribution in [3.63, 3.8) is 0 Å². The van der Waals surface area contributed by atoms with Crippen molar-refractivity contribution in [1.82, 2.24) is 10.3 Å². The Labute approximate surface area is 214 Å². The van der Waals surface area contributed by atoms with Crippen molar-refractivity contribution in [1.29, 1.82) is 0 Å². The molecule has 0 atom stereocenters. The highest BCUT2D eigenvalue weighted by Gasteiger charge is 2.24. The van der Waals surface area contributed by atoms with Crippen molar-refractivity contribution in [2.45, 2.75) is 6.54 Å². The van der Waals surface area contributed by atoms with E-state index >= 15 is 0 Å². The zero-order valence-electron chi connectivity index (χ0n) is 19.5. The number of nitro benzene ring substituents is 1. The van der Waals surface area contributed by atoms with Gasteiger partial charge in [-0.25, -0.2) is 5.43 Å². The molecule has 0 saturated carbocycles. The number of nitro groups is 1. The van der Waals surface area contributed by atoms with Gasteiger partial charge in [-0.15, -0.1) is 0 Å². The maximum Gasteiger partial charge on any atom is 0.293 e. The van der Waals surface area contributed by atoms with E-state index in [1.807, 2.05) is 23.1 Å². The molecule has 1 fully saturated rings. The van der Waals surface area contributed by atoms with E-state index in [0.717, 1.165) is 19.6 Å². The van der Waals surface area contributed by atoms with Gasteiger partial charge in [-0.3, -0.25) is 19.8 Å². The van der Waals surface area contributed by atoms with Gasteiger partial charge < -0.3 is 9.64 Å². The smallest absolute Gasteiger partial charge is 0.293 e. The number of carbonyl (C=O) groups is 1. The van der Waals surface area contributed by atoms with Crippen LogP contribution in [0.15, 0.2) is 77.9 Å². The summed E-state index contributed by atoms with van der Waals surface area (Å²) in [7, 11) is 0. The van der Waals surface area contributed by atoms with Crippen LogP contribution in [0.2, 0.25) is 5.02 Å². The summed E-state index contributed by atoms with van der Waals surface area (Å²) in [5.74, 6) is 0.0475. The number of amides is 1. The fraction of sp³-hybridized carbons (Fsp3) is 0.231. The Kier molecular flexibility index (Phi) is 8.48. The van der Waals surface area contributed by atoms with E-state index in [0.29, 0.717) is 35.1 Å². The van der Waals surface area contributed by atoms with Gasteiger partial charge >= 0.3 is 0 Å². The van der Waals surface area contributed by atoms with E-state index in [-0.39, 0.29) is 17.2 Å². The number of hydrazone groups is 1. The molecule has 0 unspecified atom stereocenters. The van der Waals surface area contributed by atoms with Gasteiger partial charge in [0.2, 0.25) is 0 Å². The van der Waals surface area contributed by atoms with E-state index in [1.54, 1.807) is 36.4 Å². The number of carbonyl (C=O) groups excluding carboxylic acids is 1. The van der Waals surface area contributed by atoms with Gasteiger partial charge in [0.1, 0.15) is 11.4 Å². The molecule has 4 rings (SSSR count). The Hall–Kier alpha value is -3.95. The minimum absolute atomic E-state index is 0.00728. The molecule has 10 heteroatoms. The lowest BCUT2D eigenvalue weighted by atomic mass is 10.1. The molecule has 186 valence electrons. The van der Waals surface area contributed by atoms with Crippen LogP contribution in [0, 0.1) is 10.1 Å². The molecular formula is C26H26ClN5O4. The molecule has 1 N–H and O–H groups in total. The molecule has 3 aromatic carbocycles. The van der Waals surface area contributed by atoms with Crippen molar-refractivity contribution in [2.75, 3.05) is 37.7 Å². The first-order chi connectivity index (χ1) is 17.5. The van der Waals surface area contributed by atoms with Gasteiger partial charge in [-0.05, 0) is 35.9 Å². The Morgan fingerprint density at radius 2 is 1.78 bits per heavy atom. The Bertz CT molecular complexity index is 1210. The zero-order chi connectivity index (χ0) is 25.3. The first kappa shape index (κ1) is 25.2. The molecule has 0 aliphatic carbocycles. The van der Waals surface area contributed by atoms with E-state index in [1.165, 1.54) is 17.8 Å². The van der Waals surface area contributed by atoms with Crippen LogP contribution in [0.3, 0.4) is 0 Å². The third-order valence-electron chi connectivity index (χ3n) is 5.74. The zero-order valence-corrected chi connectivity index (χ0v) is 20.3. The molecule has 9 nitrogen and oxygen atoms in total. The second-order valence-electron chi connectivity index (χ2n) is 8.29. The van der Waals surface area contributed by atoms with Crippen molar-refractivity contribution in [3.8, 4) is 5.75 Å². The maximum atomic E-state index is 12.0. The van der Waals surface area contributed by atoms with Crippen LogP contribution in [0.4, 0.5) is 11.4 Å². The normalized spacial score (nSPS) is 14.1. The molecule has 0 radical (unpaired) electrons. The summed E-state index contributed by atoms with van der Waals surface area (Å²) in [5.41, 5.74) is 4.71.